The molecule has 88 valence electrons. The molecule has 0 saturated carbocycles. The van der Waals surface area contributed by atoms with Crippen molar-refractivity contribution in [1.82, 2.24) is 9.78 Å². The number of carbonyl (C=O) groups is 1. The average molecular weight is 222 g/mol. The number of allylic oxidation sites excluding steroid dienone is 1. The van der Waals surface area contributed by atoms with Crippen LogP contribution in [0.5, 0.6) is 0 Å². The molecule has 3 N–H and O–H groups in total. The average Bonchev–Trinajstić information content (AvgIpc) is 2.61. The molecule has 0 radical (unpaired) electrons. The molecule has 1 heterocycles. The van der Waals surface area contributed by atoms with Gasteiger partial charge in [0.15, 0.2) is 0 Å². The molecule has 1 amide bonds. The lowest BCUT2D eigenvalue weighted by Gasteiger charge is -2.11. The van der Waals surface area contributed by atoms with Crippen LogP contribution in [0.15, 0.2) is 24.9 Å². The Morgan fingerprint density at radius 1 is 1.81 bits per heavy atom. The SMILES string of the molecule is C=CCCC(C)Nc1ccn(CC(N)=O)n1. The molecule has 1 atom stereocenters. The summed E-state index contributed by atoms with van der Waals surface area (Å²) in [6.45, 7) is 5.87. The van der Waals surface area contributed by atoms with Crippen LogP contribution in [0.25, 0.3) is 0 Å². The minimum Gasteiger partial charge on any atom is -0.368 e. The van der Waals surface area contributed by atoms with Crippen molar-refractivity contribution >= 4 is 11.7 Å². The molecule has 0 aromatic carbocycles. The lowest BCUT2D eigenvalue weighted by atomic mass is 10.2. The van der Waals surface area contributed by atoms with Gasteiger partial charge in [0.05, 0.1) is 0 Å². The monoisotopic (exact) mass is 222 g/mol. The van der Waals surface area contributed by atoms with E-state index >= 15 is 0 Å². The lowest BCUT2D eigenvalue weighted by molar-refractivity contribution is -0.118. The Morgan fingerprint density at radius 3 is 3.19 bits per heavy atom. The summed E-state index contributed by atoms with van der Waals surface area (Å²) in [6.07, 6.45) is 5.60. The van der Waals surface area contributed by atoms with Gasteiger partial charge in [-0.1, -0.05) is 6.08 Å². The molecule has 1 unspecified atom stereocenters. The molecule has 0 aliphatic heterocycles. The van der Waals surface area contributed by atoms with E-state index < -0.39 is 5.91 Å². The summed E-state index contributed by atoms with van der Waals surface area (Å²) in [5.74, 6) is 0.368. The number of primary amides is 1. The van der Waals surface area contributed by atoms with E-state index in [1.807, 2.05) is 12.1 Å². The van der Waals surface area contributed by atoms with Crippen molar-refractivity contribution in [2.45, 2.75) is 32.4 Å². The summed E-state index contributed by atoms with van der Waals surface area (Å²) >= 11 is 0. The summed E-state index contributed by atoms with van der Waals surface area (Å²) in [4.78, 5) is 10.7. The molecule has 0 aliphatic rings. The van der Waals surface area contributed by atoms with Gasteiger partial charge in [0, 0.05) is 18.3 Å². The first-order valence-electron chi connectivity index (χ1n) is 5.31. The molecule has 1 rings (SSSR count). The second-order valence-electron chi connectivity index (χ2n) is 3.78. The van der Waals surface area contributed by atoms with Crippen LogP contribution in [-0.2, 0) is 11.3 Å². The van der Waals surface area contributed by atoms with E-state index in [9.17, 15) is 4.79 Å². The number of anilines is 1. The van der Waals surface area contributed by atoms with Crippen LogP contribution >= 0.6 is 0 Å². The van der Waals surface area contributed by atoms with E-state index in [1.165, 1.54) is 4.68 Å². The van der Waals surface area contributed by atoms with E-state index in [0.717, 1.165) is 18.7 Å². The van der Waals surface area contributed by atoms with Crippen LogP contribution < -0.4 is 11.1 Å². The highest BCUT2D eigenvalue weighted by Crippen LogP contribution is 2.07. The van der Waals surface area contributed by atoms with Crippen LogP contribution in [0.3, 0.4) is 0 Å². The van der Waals surface area contributed by atoms with E-state index in [2.05, 4.69) is 23.9 Å². The van der Waals surface area contributed by atoms with Crippen LogP contribution in [0.1, 0.15) is 19.8 Å². The number of amides is 1. The molecule has 5 heteroatoms. The fourth-order valence-electron chi connectivity index (χ4n) is 1.38. The standard InChI is InChI=1S/C11H18N4O/c1-3-4-5-9(2)13-11-6-7-15(14-11)8-10(12)16/h3,6-7,9H,1,4-5,8H2,2H3,(H2,12,16)(H,13,14). The Morgan fingerprint density at radius 2 is 2.56 bits per heavy atom. The van der Waals surface area contributed by atoms with E-state index in [0.29, 0.717) is 6.04 Å². The Hall–Kier alpha value is -1.78. The topological polar surface area (TPSA) is 72.9 Å². The maximum absolute atomic E-state index is 10.7. The number of carbonyl (C=O) groups excluding carboxylic acids is 1. The van der Waals surface area contributed by atoms with Gasteiger partial charge in [-0.25, -0.2) is 0 Å². The third-order valence-electron chi connectivity index (χ3n) is 2.16. The number of aromatic nitrogens is 2. The highest BCUT2D eigenvalue weighted by Gasteiger charge is 2.04. The third-order valence-corrected chi connectivity index (χ3v) is 2.16. The van der Waals surface area contributed by atoms with E-state index in [4.69, 9.17) is 5.73 Å². The molecule has 1 aromatic heterocycles. The van der Waals surface area contributed by atoms with Gasteiger partial charge in [-0.15, -0.1) is 6.58 Å². The lowest BCUT2D eigenvalue weighted by Crippen LogP contribution is -2.19. The number of nitrogens with two attached hydrogens (primary N) is 1. The van der Waals surface area contributed by atoms with Crippen molar-refractivity contribution in [2.24, 2.45) is 5.73 Å². The maximum atomic E-state index is 10.7. The second-order valence-corrected chi connectivity index (χ2v) is 3.78. The molecular weight excluding hydrogens is 204 g/mol. The normalized spacial score (nSPS) is 12.1. The van der Waals surface area contributed by atoms with Gasteiger partial charge in [0.1, 0.15) is 12.4 Å². The number of hydrogen-bond donors (Lipinski definition) is 2. The van der Waals surface area contributed by atoms with Crippen molar-refractivity contribution in [2.75, 3.05) is 5.32 Å². The van der Waals surface area contributed by atoms with Crippen LogP contribution in [-0.4, -0.2) is 21.7 Å². The summed E-state index contributed by atoms with van der Waals surface area (Å²) in [6, 6.07) is 2.16. The molecule has 0 aliphatic carbocycles. The quantitative estimate of drug-likeness (QED) is 0.679. The fourth-order valence-corrected chi connectivity index (χ4v) is 1.38. The predicted molar refractivity (Wildman–Crippen MR) is 63.9 cm³/mol. The number of nitrogens with zero attached hydrogens (tertiary/aromatic N) is 2. The van der Waals surface area contributed by atoms with Crippen LogP contribution in [0.4, 0.5) is 5.82 Å². The third kappa shape index (κ3) is 4.16. The zero-order chi connectivity index (χ0) is 12.0. The summed E-state index contributed by atoms with van der Waals surface area (Å²) in [5.41, 5.74) is 5.07. The van der Waals surface area contributed by atoms with Gasteiger partial charge in [0.2, 0.25) is 5.91 Å². The van der Waals surface area contributed by atoms with Gasteiger partial charge in [-0.05, 0) is 19.8 Å². The molecule has 0 saturated heterocycles. The van der Waals surface area contributed by atoms with Gasteiger partial charge in [-0.3, -0.25) is 9.48 Å². The molecule has 16 heavy (non-hydrogen) atoms. The summed E-state index contributed by atoms with van der Waals surface area (Å²) < 4.78 is 1.52. The predicted octanol–water partition coefficient (Wildman–Crippen LogP) is 1.13. The first-order chi connectivity index (χ1) is 7.61. The van der Waals surface area contributed by atoms with Gasteiger partial charge >= 0.3 is 0 Å². The minimum absolute atomic E-state index is 0.114. The first kappa shape index (κ1) is 12.3. The van der Waals surface area contributed by atoms with Crippen molar-refractivity contribution in [3.63, 3.8) is 0 Å². The minimum atomic E-state index is -0.394. The van der Waals surface area contributed by atoms with Crippen molar-refractivity contribution in [3.8, 4) is 0 Å². The highest BCUT2D eigenvalue weighted by atomic mass is 16.1. The molecular formula is C11H18N4O. The number of rotatable bonds is 7. The highest BCUT2D eigenvalue weighted by molar-refractivity contribution is 5.73. The summed E-state index contributed by atoms with van der Waals surface area (Å²) in [5, 5.41) is 7.42. The largest absolute Gasteiger partial charge is 0.368 e. The van der Waals surface area contributed by atoms with E-state index in [-0.39, 0.29) is 6.54 Å². The zero-order valence-electron chi connectivity index (χ0n) is 9.52. The smallest absolute Gasteiger partial charge is 0.239 e. The number of nitrogens with one attached hydrogen (secondary N) is 1. The van der Waals surface area contributed by atoms with Gasteiger partial charge in [0.25, 0.3) is 0 Å². The maximum Gasteiger partial charge on any atom is 0.239 e. The Kier molecular flexibility index (Phi) is 4.57. The van der Waals surface area contributed by atoms with Gasteiger partial charge in [-0.2, -0.15) is 5.10 Å². The van der Waals surface area contributed by atoms with Crippen molar-refractivity contribution in [1.29, 1.82) is 0 Å². The molecule has 0 spiro atoms. The fraction of sp³-hybridized carbons (Fsp3) is 0.455. The first-order valence-corrected chi connectivity index (χ1v) is 5.31. The molecule has 0 fully saturated rings. The second kappa shape index (κ2) is 5.95. The van der Waals surface area contributed by atoms with Crippen LogP contribution in [0.2, 0.25) is 0 Å². The number of hydrogen-bond acceptors (Lipinski definition) is 3. The summed E-state index contributed by atoms with van der Waals surface area (Å²) in [7, 11) is 0. The Bertz CT molecular complexity index is 359. The molecule has 1 aromatic rings. The van der Waals surface area contributed by atoms with Crippen molar-refractivity contribution in [3.05, 3.63) is 24.9 Å². The zero-order valence-corrected chi connectivity index (χ0v) is 9.52. The van der Waals surface area contributed by atoms with Crippen molar-refractivity contribution < 1.29 is 4.79 Å². The van der Waals surface area contributed by atoms with Gasteiger partial charge < -0.3 is 11.1 Å². The van der Waals surface area contributed by atoms with Crippen LogP contribution in [0, 0.1) is 0 Å². The Labute approximate surface area is 95.3 Å². The molecule has 5 nitrogen and oxygen atoms in total. The Balaban J connectivity index is 2.44. The van der Waals surface area contributed by atoms with E-state index in [1.54, 1.807) is 6.20 Å². The molecule has 0 bridgehead atoms.